The number of piperidine rings is 1. The van der Waals surface area contributed by atoms with Crippen molar-refractivity contribution in [1.82, 2.24) is 19.9 Å². The summed E-state index contributed by atoms with van der Waals surface area (Å²) in [5, 5.41) is 16.6. The molecule has 2 fully saturated rings. The number of aliphatic hydroxyl groups is 1. The molecule has 1 saturated carbocycles. The van der Waals surface area contributed by atoms with Crippen molar-refractivity contribution in [2.24, 2.45) is 11.8 Å². The molecule has 3 aliphatic rings. The van der Waals surface area contributed by atoms with E-state index >= 15 is 0 Å². The predicted octanol–water partition coefficient (Wildman–Crippen LogP) is 3.87. The lowest BCUT2D eigenvalue weighted by molar-refractivity contribution is 0.311. The fourth-order valence-electron chi connectivity index (χ4n) is 6.43. The van der Waals surface area contributed by atoms with E-state index in [0.29, 0.717) is 30.9 Å². The summed E-state index contributed by atoms with van der Waals surface area (Å²) in [6, 6.07) is 8.88. The van der Waals surface area contributed by atoms with Gasteiger partial charge >= 0.3 is 0 Å². The largest absolute Gasteiger partial charge is 0.395 e. The lowest BCUT2D eigenvalue weighted by Gasteiger charge is -2.39. The van der Waals surface area contributed by atoms with Crippen LogP contribution in [0.25, 0.3) is 0 Å². The molecule has 3 aromatic rings. The van der Waals surface area contributed by atoms with Gasteiger partial charge in [-0.15, -0.1) is 0 Å². The molecule has 3 atom stereocenters. The third-order valence-electron chi connectivity index (χ3n) is 8.16. The predicted molar refractivity (Wildman–Crippen MR) is 147 cm³/mol. The van der Waals surface area contributed by atoms with E-state index in [0.717, 1.165) is 60.3 Å². The average Bonchev–Trinajstić information content (AvgIpc) is 3.28. The molecule has 2 aliphatic heterocycles. The van der Waals surface area contributed by atoms with Crippen LogP contribution in [0.4, 0.5) is 33.5 Å². The maximum absolute atomic E-state index is 13.7. The second-order valence-electron chi connectivity index (χ2n) is 11.4. The third-order valence-corrected chi connectivity index (χ3v) is 8.16. The van der Waals surface area contributed by atoms with Gasteiger partial charge in [-0.3, -0.25) is 0 Å². The Kier molecular flexibility index (Phi) is 6.29. The first kappa shape index (κ1) is 24.8. The molecule has 9 nitrogen and oxygen atoms in total. The average molecular weight is 519 g/mol. The summed E-state index contributed by atoms with van der Waals surface area (Å²) in [7, 11) is 0. The van der Waals surface area contributed by atoms with Crippen molar-refractivity contribution in [2.75, 3.05) is 53.2 Å². The first-order valence-electron chi connectivity index (χ1n) is 13.4. The van der Waals surface area contributed by atoms with Crippen molar-refractivity contribution in [2.45, 2.75) is 45.1 Å². The number of rotatable bonds is 7. The Labute approximate surface area is 222 Å². The van der Waals surface area contributed by atoms with E-state index in [9.17, 15) is 9.50 Å². The number of benzene rings is 1. The Hall–Kier alpha value is -3.53. The zero-order valence-corrected chi connectivity index (χ0v) is 22.2. The molecule has 38 heavy (non-hydrogen) atoms. The first-order valence-corrected chi connectivity index (χ1v) is 13.4. The summed E-state index contributed by atoms with van der Waals surface area (Å²) in [4.78, 5) is 23.3. The van der Waals surface area contributed by atoms with E-state index in [1.165, 1.54) is 12.1 Å². The van der Waals surface area contributed by atoms with Crippen molar-refractivity contribution in [3.63, 3.8) is 0 Å². The molecule has 4 heterocycles. The lowest BCUT2D eigenvalue weighted by atomic mass is 9.88. The number of nitrogens with zero attached hydrogens (tertiary/aromatic N) is 6. The van der Waals surface area contributed by atoms with Crippen LogP contribution in [0.15, 0.2) is 36.7 Å². The maximum Gasteiger partial charge on any atom is 0.226 e. The van der Waals surface area contributed by atoms with Crippen LogP contribution in [-0.4, -0.2) is 63.9 Å². The highest BCUT2D eigenvalue weighted by atomic mass is 19.1. The highest BCUT2D eigenvalue weighted by Gasteiger charge is 2.44. The molecule has 0 radical (unpaired) electrons. The highest BCUT2D eigenvalue weighted by Crippen LogP contribution is 2.47. The van der Waals surface area contributed by atoms with E-state index in [2.05, 4.69) is 50.3 Å². The summed E-state index contributed by atoms with van der Waals surface area (Å²) in [5.41, 5.74) is 2.65. The molecule has 1 aliphatic carbocycles. The Morgan fingerprint density at radius 2 is 1.82 bits per heavy atom. The molecule has 0 amide bonds. The van der Waals surface area contributed by atoms with Gasteiger partial charge in [-0.05, 0) is 55.9 Å². The van der Waals surface area contributed by atoms with Crippen LogP contribution in [0.3, 0.4) is 0 Å². The van der Waals surface area contributed by atoms with Gasteiger partial charge in [0.2, 0.25) is 5.95 Å². The minimum absolute atomic E-state index is 0.00870. The quantitative estimate of drug-likeness (QED) is 0.430. The number of aryl methyl sites for hydroxylation is 1. The van der Waals surface area contributed by atoms with E-state index in [1.54, 1.807) is 18.5 Å². The molecule has 1 aromatic carbocycles. The van der Waals surface area contributed by atoms with Gasteiger partial charge in [-0.2, -0.15) is 9.97 Å². The van der Waals surface area contributed by atoms with Gasteiger partial charge in [-0.1, -0.05) is 13.8 Å². The van der Waals surface area contributed by atoms with Gasteiger partial charge < -0.3 is 25.5 Å². The Morgan fingerprint density at radius 1 is 1.08 bits per heavy atom. The molecular formula is C28H35FN8O. The van der Waals surface area contributed by atoms with Crippen LogP contribution < -0.4 is 20.4 Å². The van der Waals surface area contributed by atoms with Crippen LogP contribution in [0.2, 0.25) is 0 Å². The summed E-state index contributed by atoms with van der Waals surface area (Å²) in [6.45, 7) is 9.30. The number of aromatic nitrogens is 4. The van der Waals surface area contributed by atoms with Crippen LogP contribution >= 0.6 is 0 Å². The van der Waals surface area contributed by atoms with Crippen LogP contribution in [0, 0.1) is 24.6 Å². The lowest BCUT2D eigenvalue weighted by Crippen LogP contribution is -2.48. The van der Waals surface area contributed by atoms with Gasteiger partial charge in [-0.25, -0.2) is 14.4 Å². The van der Waals surface area contributed by atoms with Crippen molar-refractivity contribution in [3.8, 4) is 0 Å². The van der Waals surface area contributed by atoms with E-state index < -0.39 is 0 Å². The summed E-state index contributed by atoms with van der Waals surface area (Å²) in [6.07, 6.45) is 3.95. The number of nitrogens with one attached hydrogen (secondary N) is 2. The summed E-state index contributed by atoms with van der Waals surface area (Å²) < 4.78 is 13.7. The van der Waals surface area contributed by atoms with E-state index in [4.69, 9.17) is 9.97 Å². The molecule has 200 valence electrons. The molecule has 3 N–H and O–H groups in total. The second kappa shape index (κ2) is 9.65. The monoisotopic (exact) mass is 518 g/mol. The zero-order chi connectivity index (χ0) is 26.4. The smallest absolute Gasteiger partial charge is 0.226 e. The molecule has 10 heteroatoms. The molecule has 1 saturated heterocycles. The molecule has 0 unspecified atom stereocenters. The Balaban J connectivity index is 1.31. The number of anilines is 5. The zero-order valence-electron chi connectivity index (χ0n) is 22.2. The molecule has 0 spiro atoms. The van der Waals surface area contributed by atoms with Crippen molar-refractivity contribution >= 4 is 29.1 Å². The topological polar surface area (TPSA) is 102 Å². The Morgan fingerprint density at radius 3 is 2.50 bits per heavy atom. The summed E-state index contributed by atoms with van der Waals surface area (Å²) >= 11 is 0. The number of halogens is 1. The van der Waals surface area contributed by atoms with Crippen LogP contribution in [-0.2, 0) is 5.41 Å². The first-order chi connectivity index (χ1) is 18.3. The fraction of sp³-hybridized carbons (Fsp3) is 0.500. The van der Waals surface area contributed by atoms with Crippen molar-refractivity contribution in [1.29, 1.82) is 0 Å². The van der Waals surface area contributed by atoms with Gasteiger partial charge in [0, 0.05) is 60.6 Å². The van der Waals surface area contributed by atoms with Crippen LogP contribution in [0.5, 0.6) is 0 Å². The van der Waals surface area contributed by atoms with Gasteiger partial charge in [0.25, 0.3) is 0 Å². The number of fused-ring (bicyclic) bond motifs is 3. The minimum atomic E-state index is -0.262. The number of aliphatic hydroxyl groups excluding tert-OH is 1. The second-order valence-corrected chi connectivity index (χ2v) is 11.4. The molecular weight excluding hydrogens is 483 g/mol. The van der Waals surface area contributed by atoms with Crippen LogP contribution in [0.1, 0.15) is 37.9 Å². The van der Waals surface area contributed by atoms with E-state index in [1.807, 2.05) is 6.92 Å². The third kappa shape index (κ3) is 4.51. The van der Waals surface area contributed by atoms with Crippen molar-refractivity contribution < 1.29 is 9.50 Å². The SMILES string of the molecule is Cc1cc(N2C[C@H]3CC[C@@H](C2)[C@@H]3Nc2nc(NCCO)c3c(n2)N(c2ccc(F)cc2)CC3(C)C)ncn1. The maximum atomic E-state index is 13.7. The van der Waals surface area contributed by atoms with Gasteiger partial charge in [0.15, 0.2) is 0 Å². The summed E-state index contributed by atoms with van der Waals surface area (Å²) in [5.74, 6) is 3.79. The number of hydrogen-bond acceptors (Lipinski definition) is 9. The van der Waals surface area contributed by atoms with E-state index in [-0.39, 0.29) is 23.9 Å². The molecule has 6 rings (SSSR count). The standard InChI is InChI=1S/C28H35FN8O/c1-17-12-22(32-16-31-17)36-13-18-4-5-19(14-36)24(18)33-27-34-25(30-10-11-38)23-26(35-27)37(15-28(23,2)3)21-8-6-20(29)7-9-21/h6-9,12,16,18-19,24,38H,4-5,10-11,13-15H2,1-3H3,(H2,30,33,34,35)/t18-,19+,24-. The van der Waals surface area contributed by atoms with Gasteiger partial charge in [0.05, 0.1) is 6.61 Å². The fourth-order valence-corrected chi connectivity index (χ4v) is 6.43. The normalized spacial score (nSPS) is 23.4. The molecule has 2 aromatic heterocycles. The Bertz CT molecular complexity index is 1300. The molecule has 2 bridgehead atoms. The van der Waals surface area contributed by atoms with Crippen molar-refractivity contribution in [3.05, 3.63) is 53.7 Å². The van der Waals surface area contributed by atoms with Gasteiger partial charge in [0.1, 0.15) is 29.6 Å². The highest BCUT2D eigenvalue weighted by molar-refractivity contribution is 5.75. The minimum Gasteiger partial charge on any atom is -0.395 e. The number of hydrogen-bond donors (Lipinski definition) is 3.